The van der Waals surface area contributed by atoms with Gasteiger partial charge in [-0.2, -0.15) is 0 Å². The SMILES string of the molecule is C=CC(=O)OCOc1ccc(C(=O)Oc2ccc(OC(=O)c3ccc(OCOC(=O)C=C)c(OCOC(=O)C=C)c3)cc2)cc1. The van der Waals surface area contributed by atoms with Gasteiger partial charge in [0.25, 0.3) is 0 Å². The summed E-state index contributed by atoms with van der Waals surface area (Å²) in [6.45, 7) is 8.51. The van der Waals surface area contributed by atoms with Crippen molar-refractivity contribution in [2.75, 3.05) is 20.4 Å². The van der Waals surface area contributed by atoms with E-state index in [4.69, 9.17) is 37.9 Å². The maximum atomic E-state index is 12.8. The van der Waals surface area contributed by atoms with Gasteiger partial charge in [-0.25, -0.2) is 24.0 Å². The van der Waals surface area contributed by atoms with E-state index in [1.807, 2.05) is 0 Å². The third kappa shape index (κ3) is 10.8. The van der Waals surface area contributed by atoms with E-state index in [0.717, 1.165) is 18.2 Å². The maximum Gasteiger partial charge on any atom is 0.343 e. The summed E-state index contributed by atoms with van der Waals surface area (Å²) in [5.41, 5.74) is 0.266. The Morgan fingerprint density at radius 2 is 0.889 bits per heavy atom. The van der Waals surface area contributed by atoms with Gasteiger partial charge in [0.15, 0.2) is 11.5 Å². The molecule has 0 heterocycles. The van der Waals surface area contributed by atoms with Crippen LogP contribution in [-0.2, 0) is 28.6 Å². The predicted molar refractivity (Wildman–Crippen MR) is 155 cm³/mol. The van der Waals surface area contributed by atoms with Gasteiger partial charge in [-0.3, -0.25) is 0 Å². The number of hydrogen-bond donors (Lipinski definition) is 0. The van der Waals surface area contributed by atoms with Crippen molar-refractivity contribution >= 4 is 29.8 Å². The van der Waals surface area contributed by atoms with Gasteiger partial charge in [0.2, 0.25) is 20.4 Å². The average molecular weight is 619 g/mol. The van der Waals surface area contributed by atoms with Gasteiger partial charge in [-0.1, -0.05) is 19.7 Å². The Kier molecular flexibility index (Phi) is 12.5. The molecule has 0 fully saturated rings. The summed E-state index contributed by atoms with van der Waals surface area (Å²) >= 11 is 0. The van der Waals surface area contributed by atoms with Crippen LogP contribution in [-0.4, -0.2) is 50.2 Å². The van der Waals surface area contributed by atoms with Crippen LogP contribution in [0.1, 0.15) is 20.7 Å². The largest absolute Gasteiger partial charge is 0.457 e. The van der Waals surface area contributed by atoms with Gasteiger partial charge in [-0.05, 0) is 66.7 Å². The first kappa shape index (κ1) is 33.1. The smallest absolute Gasteiger partial charge is 0.343 e. The fraction of sp³-hybridized carbons (Fsp3) is 0.0938. The maximum absolute atomic E-state index is 12.8. The molecule has 0 aliphatic rings. The molecule has 13 nitrogen and oxygen atoms in total. The van der Waals surface area contributed by atoms with Crippen molar-refractivity contribution in [2.24, 2.45) is 0 Å². The first-order chi connectivity index (χ1) is 21.7. The standard InChI is InChI=1S/C32H26O13/c1-4-28(33)41-18-38-23-10-7-21(8-11-23)31(36)44-24-12-14-25(15-13-24)45-32(37)22-9-16-26(39-19-42-29(34)5-2)27(17-22)40-20-43-30(35)6-3/h4-17H,1-3,18-20H2. The number of carbonyl (C=O) groups excluding carboxylic acids is 5. The average Bonchev–Trinajstić information content (AvgIpc) is 3.06. The van der Waals surface area contributed by atoms with Gasteiger partial charge < -0.3 is 37.9 Å². The third-order valence-electron chi connectivity index (χ3n) is 5.27. The number of benzene rings is 3. The van der Waals surface area contributed by atoms with E-state index in [2.05, 4.69) is 19.7 Å². The molecule has 3 rings (SSSR count). The number of carbonyl (C=O) groups is 5. The zero-order valence-electron chi connectivity index (χ0n) is 23.6. The van der Waals surface area contributed by atoms with Crippen molar-refractivity contribution in [3.63, 3.8) is 0 Å². The lowest BCUT2D eigenvalue weighted by atomic mass is 10.2. The Balaban J connectivity index is 1.59. The lowest BCUT2D eigenvalue weighted by Crippen LogP contribution is -2.13. The molecule has 0 saturated carbocycles. The van der Waals surface area contributed by atoms with E-state index in [1.54, 1.807) is 0 Å². The van der Waals surface area contributed by atoms with Crippen molar-refractivity contribution in [3.8, 4) is 28.7 Å². The molecule has 0 aliphatic carbocycles. The first-order valence-corrected chi connectivity index (χ1v) is 12.8. The fourth-order valence-corrected chi connectivity index (χ4v) is 3.10. The minimum Gasteiger partial charge on any atom is -0.457 e. The molecule has 0 aromatic heterocycles. The van der Waals surface area contributed by atoms with Crippen molar-refractivity contribution in [1.29, 1.82) is 0 Å². The van der Waals surface area contributed by atoms with Crippen LogP contribution in [0.2, 0.25) is 0 Å². The Morgan fingerprint density at radius 1 is 0.489 bits per heavy atom. The highest BCUT2D eigenvalue weighted by molar-refractivity contribution is 5.92. The first-order valence-electron chi connectivity index (χ1n) is 12.8. The van der Waals surface area contributed by atoms with Crippen LogP contribution >= 0.6 is 0 Å². The van der Waals surface area contributed by atoms with E-state index in [1.165, 1.54) is 66.7 Å². The van der Waals surface area contributed by atoms with Crippen LogP contribution < -0.4 is 23.7 Å². The van der Waals surface area contributed by atoms with Crippen molar-refractivity contribution in [1.82, 2.24) is 0 Å². The van der Waals surface area contributed by atoms with Crippen LogP contribution in [0.3, 0.4) is 0 Å². The molecule has 0 atom stereocenters. The lowest BCUT2D eigenvalue weighted by Gasteiger charge is -2.14. The van der Waals surface area contributed by atoms with E-state index in [9.17, 15) is 24.0 Å². The number of ether oxygens (including phenoxy) is 8. The highest BCUT2D eigenvalue weighted by atomic mass is 16.7. The molecular formula is C32H26O13. The molecular weight excluding hydrogens is 592 g/mol. The second-order valence-electron chi connectivity index (χ2n) is 8.23. The van der Waals surface area contributed by atoms with Gasteiger partial charge in [0.1, 0.15) is 17.2 Å². The van der Waals surface area contributed by atoms with Crippen molar-refractivity contribution in [2.45, 2.75) is 0 Å². The highest BCUT2D eigenvalue weighted by Crippen LogP contribution is 2.29. The summed E-state index contributed by atoms with van der Waals surface area (Å²) < 4.78 is 41.0. The third-order valence-corrected chi connectivity index (χ3v) is 5.27. The quantitative estimate of drug-likeness (QED) is 0.0735. The van der Waals surface area contributed by atoms with Crippen LogP contribution in [0.25, 0.3) is 0 Å². The zero-order chi connectivity index (χ0) is 32.6. The van der Waals surface area contributed by atoms with Crippen molar-refractivity contribution in [3.05, 3.63) is 116 Å². The Hall–Kier alpha value is -6.37. The summed E-state index contributed by atoms with van der Waals surface area (Å²) in [6, 6.07) is 15.6. The van der Waals surface area contributed by atoms with E-state index < -0.39 is 43.4 Å². The van der Waals surface area contributed by atoms with Crippen LogP contribution in [0.4, 0.5) is 0 Å². The molecule has 0 N–H and O–H groups in total. The number of rotatable bonds is 16. The van der Waals surface area contributed by atoms with Crippen LogP contribution in [0, 0.1) is 0 Å². The number of esters is 5. The molecule has 0 radical (unpaired) electrons. The minimum atomic E-state index is -0.779. The van der Waals surface area contributed by atoms with Gasteiger partial charge in [-0.15, -0.1) is 0 Å². The molecule has 0 bridgehead atoms. The molecule has 0 saturated heterocycles. The Morgan fingerprint density at radius 3 is 1.38 bits per heavy atom. The molecule has 45 heavy (non-hydrogen) atoms. The number of hydrogen-bond acceptors (Lipinski definition) is 13. The fourth-order valence-electron chi connectivity index (χ4n) is 3.10. The predicted octanol–water partition coefficient (Wildman–Crippen LogP) is 4.32. The summed E-state index contributed by atoms with van der Waals surface area (Å²) in [6.07, 6.45) is 2.90. The minimum absolute atomic E-state index is 0.0195. The molecule has 0 amide bonds. The summed E-state index contributed by atoms with van der Waals surface area (Å²) in [5.74, 6) is -2.80. The molecule has 0 unspecified atom stereocenters. The highest BCUT2D eigenvalue weighted by Gasteiger charge is 2.16. The Bertz CT molecular complexity index is 1560. The Labute approximate surface area is 256 Å². The molecule has 0 aliphatic heterocycles. The van der Waals surface area contributed by atoms with E-state index in [-0.39, 0.29) is 40.9 Å². The topological polar surface area (TPSA) is 159 Å². The summed E-state index contributed by atoms with van der Waals surface area (Å²) in [5, 5.41) is 0. The van der Waals surface area contributed by atoms with Crippen LogP contribution in [0.5, 0.6) is 28.7 Å². The monoisotopic (exact) mass is 618 g/mol. The van der Waals surface area contributed by atoms with Crippen molar-refractivity contribution < 1.29 is 61.9 Å². The van der Waals surface area contributed by atoms with Gasteiger partial charge in [0.05, 0.1) is 11.1 Å². The normalized spacial score (nSPS) is 9.87. The second kappa shape index (κ2) is 16.9. The van der Waals surface area contributed by atoms with E-state index >= 15 is 0 Å². The molecule has 13 heteroatoms. The molecule has 0 spiro atoms. The molecule has 3 aromatic rings. The lowest BCUT2D eigenvalue weighted by molar-refractivity contribution is -0.146. The second-order valence-corrected chi connectivity index (χ2v) is 8.23. The summed E-state index contributed by atoms with van der Waals surface area (Å²) in [7, 11) is 0. The van der Waals surface area contributed by atoms with E-state index in [0.29, 0.717) is 5.75 Å². The zero-order valence-corrected chi connectivity index (χ0v) is 23.6. The summed E-state index contributed by atoms with van der Waals surface area (Å²) in [4.78, 5) is 59.0. The van der Waals surface area contributed by atoms with Gasteiger partial charge in [0, 0.05) is 18.2 Å². The van der Waals surface area contributed by atoms with Crippen LogP contribution in [0.15, 0.2) is 105 Å². The molecule has 3 aromatic carbocycles. The molecule has 232 valence electrons. The van der Waals surface area contributed by atoms with Gasteiger partial charge >= 0.3 is 29.8 Å².